The van der Waals surface area contributed by atoms with Crippen LogP contribution in [0, 0.1) is 0 Å². The van der Waals surface area contributed by atoms with Gasteiger partial charge in [-0.05, 0) is 34.1 Å². The largest absolute Gasteiger partial charge is 0.230 e. The van der Waals surface area contributed by atoms with Gasteiger partial charge in [-0.3, -0.25) is 0 Å². The second-order valence-electron chi connectivity index (χ2n) is 8.13. The van der Waals surface area contributed by atoms with Crippen LogP contribution in [0.2, 0.25) is 0 Å². The third-order valence-electron chi connectivity index (χ3n) is 5.46. The third kappa shape index (κ3) is 3.77. The molecule has 0 fully saturated rings. The number of thiazole rings is 1. The summed E-state index contributed by atoms with van der Waals surface area (Å²) in [4.78, 5) is 0. The van der Waals surface area contributed by atoms with Crippen molar-refractivity contribution in [3.63, 3.8) is 0 Å². The summed E-state index contributed by atoms with van der Waals surface area (Å²) in [5.74, 6) is 0.871. The van der Waals surface area contributed by atoms with Crippen molar-refractivity contribution in [2.45, 2.75) is 39.5 Å². The monoisotopic (exact) mass is 398 g/mol. The Bertz CT molecular complexity index is 1010. The van der Waals surface area contributed by atoms with E-state index in [1.807, 2.05) is 0 Å². The van der Waals surface area contributed by atoms with Crippen molar-refractivity contribution < 1.29 is 4.57 Å². The quantitative estimate of drug-likeness (QED) is 0.305. The first kappa shape index (κ1) is 19.6. The van der Waals surface area contributed by atoms with Crippen LogP contribution in [-0.4, -0.2) is 0 Å². The predicted molar refractivity (Wildman–Crippen MR) is 125 cm³/mol. The Balaban J connectivity index is 2.20. The van der Waals surface area contributed by atoms with Gasteiger partial charge in [0.2, 0.25) is 11.2 Å². The normalized spacial score (nSPS) is 11.4. The van der Waals surface area contributed by atoms with Crippen LogP contribution in [0.1, 0.15) is 50.7 Å². The Labute approximate surface area is 178 Å². The summed E-state index contributed by atoms with van der Waals surface area (Å²) in [6, 6.07) is 24.1. The molecule has 2 heteroatoms. The predicted octanol–water partition coefficient (Wildman–Crippen LogP) is 7.61. The van der Waals surface area contributed by atoms with Crippen LogP contribution in [-0.2, 0) is 0 Å². The van der Waals surface area contributed by atoms with E-state index in [0.717, 1.165) is 0 Å². The molecule has 3 aromatic carbocycles. The van der Waals surface area contributed by atoms with E-state index in [2.05, 4.69) is 116 Å². The van der Waals surface area contributed by atoms with E-state index in [1.165, 1.54) is 39.1 Å². The molecular weight excluding hydrogens is 370 g/mol. The minimum Gasteiger partial charge on any atom is -0.156 e. The fourth-order valence-corrected chi connectivity index (χ4v) is 4.64. The Kier molecular flexibility index (Phi) is 5.64. The molecule has 0 aliphatic rings. The Hall–Kier alpha value is -2.71. The summed E-state index contributed by atoms with van der Waals surface area (Å²) in [6.07, 6.45) is 2.19. The van der Waals surface area contributed by atoms with Crippen molar-refractivity contribution in [1.82, 2.24) is 0 Å². The summed E-state index contributed by atoms with van der Waals surface area (Å²) in [5.41, 5.74) is 11.6. The standard InChI is InChI=1S/C27H28NS/c1-19(2)23-17-24(20(3)4)26(22-13-9-6-10-14-22)27(28-15-16-29-18-28)25(23)21-11-7-5-8-12-21/h5-20H,1-4H3/q+1. The molecule has 0 atom stereocenters. The highest BCUT2D eigenvalue weighted by atomic mass is 32.1. The van der Waals surface area contributed by atoms with Gasteiger partial charge in [0, 0.05) is 0 Å². The zero-order valence-corrected chi connectivity index (χ0v) is 18.4. The first-order valence-corrected chi connectivity index (χ1v) is 11.3. The lowest BCUT2D eigenvalue weighted by atomic mass is 9.81. The van der Waals surface area contributed by atoms with Gasteiger partial charge in [0.1, 0.15) is 0 Å². The van der Waals surface area contributed by atoms with Gasteiger partial charge in [-0.25, -0.2) is 0 Å². The fourth-order valence-electron chi connectivity index (χ4n) is 4.06. The van der Waals surface area contributed by atoms with Crippen molar-refractivity contribution in [1.29, 1.82) is 0 Å². The molecule has 1 heterocycles. The highest BCUT2D eigenvalue weighted by molar-refractivity contribution is 7.07. The van der Waals surface area contributed by atoms with Crippen molar-refractivity contribution >= 4 is 11.3 Å². The molecule has 0 aliphatic carbocycles. The number of hydrogen-bond donors (Lipinski definition) is 0. The summed E-state index contributed by atoms with van der Waals surface area (Å²) >= 11 is 1.73. The molecular formula is C27H28NS+. The first-order chi connectivity index (χ1) is 14.1. The maximum absolute atomic E-state index is 2.45. The van der Waals surface area contributed by atoms with E-state index in [1.54, 1.807) is 11.3 Å². The van der Waals surface area contributed by atoms with E-state index >= 15 is 0 Å². The van der Waals surface area contributed by atoms with Gasteiger partial charge in [-0.2, -0.15) is 4.57 Å². The van der Waals surface area contributed by atoms with Crippen molar-refractivity contribution in [2.75, 3.05) is 0 Å². The molecule has 4 aromatic rings. The van der Waals surface area contributed by atoms with Gasteiger partial charge >= 0.3 is 0 Å². The van der Waals surface area contributed by atoms with Gasteiger partial charge < -0.3 is 0 Å². The van der Waals surface area contributed by atoms with Crippen molar-refractivity contribution in [2.24, 2.45) is 0 Å². The molecule has 1 nitrogen and oxygen atoms in total. The van der Waals surface area contributed by atoms with Gasteiger partial charge in [0.15, 0.2) is 6.20 Å². The van der Waals surface area contributed by atoms with E-state index in [-0.39, 0.29) is 0 Å². The maximum atomic E-state index is 2.45. The van der Waals surface area contributed by atoms with E-state index in [0.29, 0.717) is 11.8 Å². The van der Waals surface area contributed by atoms with Crippen molar-refractivity contribution in [3.8, 4) is 27.9 Å². The third-order valence-corrected chi connectivity index (χ3v) is 6.09. The fraction of sp³-hybridized carbons (Fsp3) is 0.222. The molecule has 0 aliphatic heterocycles. The average molecular weight is 399 g/mol. The minimum atomic E-state index is 0.436. The lowest BCUT2D eigenvalue weighted by molar-refractivity contribution is -0.588. The van der Waals surface area contributed by atoms with Crippen LogP contribution in [0.5, 0.6) is 0 Å². The smallest absolute Gasteiger partial charge is 0.156 e. The number of benzene rings is 3. The Morgan fingerprint density at radius 3 is 1.55 bits per heavy atom. The number of aromatic nitrogens is 1. The molecule has 0 saturated heterocycles. The van der Waals surface area contributed by atoms with E-state index in [9.17, 15) is 0 Å². The molecule has 0 radical (unpaired) electrons. The van der Waals surface area contributed by atoms with Crippen LogP contribution in [0.25, 0.3) is 27.9 Å². The highest BCUT2D eigenvalue weighted by Gasteiger charge is 2.29. The number of nitrogens with zero attached hydrogens (tertiary/aromatic N) is 1. The molecule has 29 heavy (non-hydrogen) atoms. The topological polar surface area (TPSA) is 3.88 Å². The summed E-state index contributed by atoms with van der Waals surface area (Å²) in [6.45, 7) is 9.21. The molecule has 4 rings (SSSR count). The molecule has 0 amide bonds. The summed E-state index contributed by atoms with van der Waals surface area (Å²) < 4.78 is 2.31. The Morgan fingerprint density at radius 1 is 0.690 bits per heavy atom. The Morgan fingerprint density at radius 2 is 1.17 bits per heavy atom. The zero-order chi connectivity index (χ0) is 20.4. The minimum absolute atomic E-state index is 0.436. The van der Waals surface area contributed by atoms with Gasteiger partial charge in [0.05, 0.1) is 16.5 Å². The lowest BCUT2D eigenvalue weighted by Crippen LogP contribution is -2.30. The van der Waals surface area contributed by atoms with Crippen LogP contribution in [0.4, 0.5) is 0 Å². The molecule has 0 unspecified atom stereocenters. The highest BCUT2D eigenvalue weighted by Crippen LogP contribution is 2.43. The van der Waals surface area contributed by atoms with Gasteiger partial charge in [-0.15, -0.1) is 0 Å². The number of hydrogen-bond acceptors (Lipinski definition) is 1. The molecule has 146 valence electrons. The average Bonchev–Trinajstić information content (AvgIpc) is 3.28. The molecule has 0 saturated carbocycles. The molecule has 0 spiro atoms. The van der Waals surface area contributed by atoms with Crippen LogP contribution >= 0.6 is 11.3 Å². The van der Waals surface area contributed by atoms with Crippen molar-refractivity contribution in [3.05, 3.63) is 94.9 Å². The summed E-state index contributed by atoms with van der Waals surface area (Å²) in [5, 5.41) is 2.15. The lowest BCUT2D eigenvalue weighted by Gasteiger charge is -2.22. The zero-order valence-electron chi connectivity index (χ0n) is 17.6. The van der Waals surface area contributed by atoms with E-state index in [4.69, 9.17) is 0 Å². The molecule has 0 N–H and O–H groups in total. The summed E-state index contributed by atoms with van der Waals surface area (Å²) in [7, 11) is 0. The van der Waals surface area contributed by atoms with Crippen LogP contribution in [0.3, 0.4) is 0 Å². The SMILES string of the molecule is CC(C)c1cc(C(C)C)c(-c2ccccc2)c(-[n+]2ccsc2)c1-c1ccccc1. The first-order valence-electron chi connectivity index (χ1n) is 10.3. The maximum Gasteiger partial charge on any atom is 0.230 e. The second kappa shape index (κ2) is 8.34. The van der Waals surface area contributed by atoms with Crippen LogP contribution < -0.4 is 4.57 Å². The van der Waals surface area contributed by atoms with Gasteiger partial charge in [-0.1, -0.05) is 106 Å². The number of rotatable bonds is 5. The molecule has 1 aromatic heterocycles. The molecule has 0 bridgehead atoms. The second-order valence-corrected chi connectivity index (χ2v) is 8.88. The van der Waals surface area contributed by atoms with E-state index < -0.39 is 0 Å². The van der Waals surface area contributed by atoms with Crippen LogP contribution in [0.15, 0.2) is 83.8 Å². The van der Waals surface area contributed by atoms with Gasteiger partial charge in [0.25, 0.3) is 0 Å².